The van der Waals surface area contributed by atoms with E-state index < -0.39 is 0 Å². The number of aromatic nitrogens is 2. The quantitative estimate of drug-likeness (QED) is 0.171. The molecule has 0 saturated carbocycles. The van der Waals surface area contributed by atoms with E-state index in [2.05, 4.69) is 177 Å². The Labute approximate surface area is 339 Å². The molecule has 2 aromatic heterocycles. The van der Waals surface area contributed by atoms with Crippen LogP contribution < -0.4 is 0 Å². The molecule has 0 fully saturated rings. The van der Waals surface area contributed by atoms with E-state index in [0.29, 0.717) is 0 Å². The monoisotopic (exact) mass is 797 g/mol. The van der Waals surface area contributed by atoms with Crippen LogP contribution in [0.25, 0.3) is 44.8 Å². The van der Waals surface area contributed by atoms with Gasteiger partial charge in [-0.1, -0.05) is 70.8 Å². The van der Waals surface area contributed by atoms with Gasteiger partial charge in [0.1, 0.15) is 4.60 Å². The number of aliphatic hydroxyl groups excluding tert-OH is 1. The molecule has 2 heterocycles. The number of rotatable bonds is 6. The molecule has 0 saturated heterocycles. The molecule has 6 aromatic rings. The number of likely N-dealkylation sites (N-methyl/N-ethyl adjacent to an activating group) is 1. The van der Waals surface area contributed by atoms with Crippen LogP contribution in [0.4, 0.5) is 0 Å². The van der Waals surface area contributed by atoms with Crippen molar-refractivity contribution in [2.75, 3.05) is 27.2 Å². The van der Waals surface area contributed by atoms with E-state index in [9.17, 15) is 0 Å². The van der Waals surface area contributed by atoms with Crippen molar-refractivity contribution in [1.82, 2.24) is 14.9 Å². The second-order valence-corrected chi connectivity index (χ2v) is 16.4. The first-order valence-corrected chi connectivity index (χ1v) is 19.9. The molecule has 5 heteroatoms. The lowest BCUT2D eigenvalue weighted by Crippen LogP contribution is -2.15. The van der Waals surface area contributed by atoms with E-state index >= 15 is 0 Å². The standard InChI is InChI=1S/C23H24BrN.C23H25N.C4H11NO/c1-13-7-15(3)22(16(4)8-13)19-11-20(25-21(24)12-19)23-17(5)9-14(2)10-18(23)6;1-14-9-16(3)22(17(4)10-14)20-7-8-24-21(13-20)23-18(5)11-15(2)12-19(23)6;1-5(2)3-4-6/h7-12H,1-6H3;7-13H,1-6H3;6H,3-4H2,1-2H3. The lowest BCUT2D eigenvalue weighted by Gasteiger charge is -2.15. The van der Waals surface area contributed by atoms with Crippen LogP contribution in [0, 0.1) is 83.1 Å². The van der Waals surface area contributed by atoms with Gasteiger partial charge in [0.15, 0.2) is 0 Å². The number of hydrogen-bond acceptors (Lipinski definition) is 4. The Balaban J connectivity index is 0.000000214. The van der Waals surface area contributed by atoms with Gasteiger partial charge in [-0.25, -0.2) is 4.98 Å². The van der Waals surface area contributed by atoms with E-state index in [-0.39, 0.29) is 6.61 Å². The molecule has 0 aliphatic carbocycles. The predicted octanol–water partition coefficient (Wildman–Crippen LogP) is 12.8. The van der Waals surface area contributed by atoms with Gasteiger partial charge in [-0.2, -0.15) is 0 Å². The maximum absolute atomic E-state index is 8.20. The molecule has 0 aliphatic heterocycles. The fourth-order valence-corrected chi connectivity index (χ4v) is 8.57. The van der Waals surface area contributed by atoms with Crippen molar-refractivity contribution in [2.24, 2.45) is 0 Å². The highest BCUT2D eigenvalue weighted by atomic mass is 79.9. The summed E-state index contributed by atoms with van der Waals surface area (Å²) in [4.78, 5) is 11.4. The van der Waals surface area contributed by atoms with Crippen molar-refractivity contribution >= 4 is 15.9 Å². The van der Waals surface area contributed by atoms with Crippen molar-refractivity contribution < 1.29 is 5.11 Å². The summed E-state index contributed by atoms with van der Waals surface area (Å²) in [6, 6.07) is 26.6. The summed E-state index contributed by atoms with van der Waals surface area (Å²) in [6.45, 7) is 27.0. The molecule has 0 radical (unpaired) electrons. The Morgan fingerprint density at radius 3 is 1.18 bits per heavy atom. The van der Waals surface area contributed by atoms with Crippen molar-refractivity contribution in [3.05, 3.63) is 150 Å². The molecule has 288 valence electrons. The van der Waals surface area contributed by atoms with Gasteiger partial charge in [0.05, 0.1) is 18.0 Å². The highest BCUT2D eigenvalue weighted by Crippen LogP contribution is 2.36. The summed E-state index contributed by atoms with van der Waals surface area (Å²) in [5.41, 5.74) is 25.2. The zero-order valence-corrected chi connectivity index (χ0v) is 37.2. The van der Waals surface area contributed by atoms with Crippen LogP contribution in [0.2, 0.25) is 0 Å². The van der Waals surface area contributed by atoms with Gasteiger partial charge in [0.2, 0.25) is 0 Å². The third-order valence-corrected chi connectivity index (χ3v) is 10.3. The molecule has 0 bridgehead atoms. The van der Waals surface area contributed by atoms with Crippen molar-refractivity contribution in [3.63, 3.8) is 0 Å². The first-order valence-electron chi connectivity index (χ1n) is 19.1. The largest absolute Gasteiger partial charge is 0.395 e. The average molecular weight is 799 g/mol. The smallest absolute Gasteiger partial charge is 0.107 e. The number of nitrogens with zero attached hydrogens (tertiary/aromatic N) is 3. The van der Waals surface area contributed by atoms with E-state index in [1.807, 2.05) is 25.2 Å². The number of aliphatic hydroxyl groups is 1. The molecule has 6 rings (SSSR count). The maximum atomic E-state index is 8.20. The van der Waals surface area contributed by atoms with Gasteiger partial charge in [-0.15, -0.1) is 0 Å². The van der Waals surface area contributed by atoms with Crippen molar-refractivity contribution in [1.29, 1.82) is 0 Å². The molecule has 55 heavy (non-hydrogen) atoms. The van der Waals surface area contributed by atoms with Crippen LogP contribution in [0.1, 0.15) is 66.8 Å². The molecular weight excluding hydrogens is 738 g/mol. The molecule has 4 nitrogen and oxygen atoms in total. The molecule has 0 unspecified atom stereocenters. The lowest BCUT2D eigenvalue weighted by atomic mass is 9.92. The minimum atomic E-state index is 0.257. The Kier molecular flexibility index (Phi) is 14.9. The van der Waals surface area contributed by atoms with Gasteiger partial charge < -0.3 is 10.0 Å². The molecule has 4 aromatic carbocycles. The third-order valence-electron chi connectivity index (χ3n) is 9.90. The summed E-state index contributed by atoms with van der Waals surface area (Å²) >= 11 is 3.62. The van der Waals surface area contributed by atoms with E-state index in [1.165, 1.54) is 100 Å². The maximum Gasteiger partial charge on any atom is 0.107 e. The fourth-order valence-electron chi connectivity index (χ4n) is 8.13. The zero-order valence-electron chi connectivity index (χ0n) is 35.6. The lowest BCUT2D eigenvalue weighted by molar-refractivity contribution is 0.243. The minimum Gasteiger partial charge on any atom is -0.395 e. The first kappa shape index (κ1) is 43.3. The van der Waals surface area contributed by atoms with Gasteiger partial charge in [-0.05, 0) is 204 Å². The predicted molar refractivity (Wildman–Crippen MR) is 240 cm³/mol. The second-order valence-electron chi connectivity index (χ2n) is 15.6. The van der Waals surface area contributed by atoms with Crippen LogP contribution in [0.5, 0.6) is 0 Å². The summed E-state index contributed by atoms with van der Waals surface area (Å²) in [5.74, 6) is 0. The number of hydrogen-bond donors (Lipinski definition) is 1. The van der Waals surface area contributed by atoms with E-state index in [0.717, 1.165) is 22.5 Å². The zero-order chi connectivity index (χ0) is 40.7. The van der Waals surface area contributed by atoms with Crippen LogP contribution in [0.15, 0.2) is 83.6 Å². The first-order chi connectivity index (χ1) is 25.9. The summed E-state index contributed by atoms with van der Waals surface area (Å²) in [5, 5.41) is 8.20. The molecule has 1 N–H and O–H groups in total. The van der Waals surface area contributed by atoms with Crippen LogP contribution in [-0.2, 0) is 0 Å². The SMILES string of the molecule is CN(C)CCO.Cc1cc(C)c(-c2cc(Br)nc(-c3c(C)cc(C)cc3C)c2)c(C)c1.Cc1cc(C)c(-c2ccnc(-c3c(C)cc(C)cc3C)c2)c(C)c1. The highest BCUT2D eigenvalue weighted by molar-refractivity contribution is 9.10. The number of benzene rings is 4. The van der Waals surface area contributed by atoms with Gasteiger partial charge >= 0.3 is 0 Å². The molecular formula is C50H60BrN3O. The Morgan fingerprint density at radius 1 is 0.473 bits per heavy atom. The fraction of sp³-hybridized carbons (Fsp3) is 0.320. The molecule has 0 spiro atoms. The van der Waals surface area contributed by atoms with E-state index in [1.54, 1.807) is 0 Å². The number of aryl methyl sites for hydroxylation is 12. The van der Waals surface area contributed by atoms with E-state index in [4.69, 9.17) is 10.1 Å². The molecule has 0 atom stereocenters. The summed E-state index contributed by atoms with van der Waals surface area (Å²) in [6.07, 6.45) is 1.93. The second kappa shape index (κ2) is 18.9. The summed E-state index contributed by atoms with van der Waals surface area (Å²) < 4.78 is 0.874. The van der Waals surface area contributed by atoms with Gasteiger partial charge in [-0.3, -0.25) is 4.98 Å². The van der Waals surface area contributed by atoms with Gasteiger partial charge in [0, 0.05) is 23.9 Å². The van der Waals surface area contributed by atoms with Crippen molar-refractivity contribution in [3.8, 4) is 44.8 Å². The number of pyridine rings is 2. The number of halogens is 1. The molecule has 0 amide bonds. The van der Waals surface area contributed by atoms with Crippen LogP contribution in [-0.4, -0.2) is 47.2 Å². The van der Waals surface area contributed by atoms with Crippen LogP contribution in [0.3, 0.4) is 0 Å². The Morgan fingerprint density at radius 2 is 0.818 bits per heavy atom. The highest BCUT2D eigenvalue weighted by Gasteiger charge is 2.15. The molecule has 0 aliphatic rings. The Hall–Kier alpha value is -4.42. The average Bonchev–Trinajstić information content (AvgIpc) is 3.03. The third kappa shape index (κ3) is 11.1. The van der Waals surface area contributed by atoms with Gasteiger partial charge in [0.25, 0.3) is 0 Å². The topological polar surface area (TPSA) is 49.2 Å². The van der Waals surface area contributed by atoms with Crippen molar-refractivity contribution in [2.45, 2.75) is 83.1 Å². The summed E-state index contributed by atoms with van der Waals surface area (Å²) in [7, 11) is 3.85. The minimum absolute atomic E-state index is 0.257. The van der Waals surface area contributed by atoms with Crippen LogP contribution >= 0.6 is 15.9 Å². The normalized spacial score (nSPS) is 10.9. The Bertz CT molecular complexity index is 2060.